The van der Waals surface area contributed by atoms with Gasteiger partial charge < -0.3 is 19.5 Å². The first-order chi connectivity index (χ1) is 25.7. The van der Waals surface area contributed by atoms with Crippen molar-refractivity contribution in [2.45, 2.75) is 37.3 Å². The fraction of sp³-hybridized carbons (Fsp3) is 0.300. The molecule has 5 aromatic heterocycles. The molecule has 0 aliphatic carbocycles. The zero-order valence-corrected chi connectivity index (χ0v) is 30.0. The maximum absolute atomic E-state index is 16.4. The van der Waals surface area contributed by atoms with Crippen LogP contribution >= 0.6 is 11.3 Å². The molecule has 6 aromatic rings. The van der Waals surface area contributed by atoms with Gasteiger partial charge in [-0.1, -0.05) is 42.5 Å². The highest BCUT2D eigenvalue weighted by molar-refractivity contribution is 7.18. The Kier molecular flexibility index (Phi) is 9.21. The summed E-state index contributed by atoms with van der Waals surface area (Å²) in [6.45, 7) is 1.29. The molecule has 2 amide bonds. The Morgan fingerprint density at radius 2 is 1.66 bits per heavy atom. The van der Waals surface area contributed by atoms with E-state index in [0.29, 0.717) is 65.0 Å². The molecule has 2 fully saturated rings. The number of piperidine rings is 2. The van der Waals surface area contributed by atoms with Gasteiger partial charge in [-0.2, -0.15) is 0 Å². The SMILES string of the molecule is Cn1ccc2c(=O)n(CC3(O)CCN(C(=O)[C@@H]4CCN(C(=O)c5sc(-c6cccnc6)c(-c6cccnc6)c5F)C[C@H]4c4ccccc4)CC3)cnc21. The van der Waals surface area contributed by atoms with Gasteiger partial charge >= 0.3 is 0 Å². The summed E-state index contributed by atoms with van der Waals surface area (Å²) in [5, 5.41) is 12.0. The van der Waals surface area contributed by atoms with Crippen molar-refractivity contribution in [3.63, 3.8) is 0 Å². The highest BCUT2D eigenvalue weighted by Crippen LogP contribution is 2.43. The molecular weight excluding hydrogens is 694 g/mol. The number of aryl methyl sites for hydroxylation is 1. The minimum atomic E-state index is -1.17. The lowest BCUT2D eigenvalue weighted by Gasteiger charge is -2.43. The number of aliphatic hydroxyl groups is 1. The number of halogens is 1. The summed E-state index contributed by atoms with van der Waals surface area (Å²) in [6, 6.07) is 18.5. The molecule has 13 heteroatoms. The van der Waals surface area contributed by atoms with Crippen LogP contribution in [-0.4, -0.2) is 82.6 Å². The molecule has 11 nitrogen and oxygen atoms in total. The Hall–Kier alpha value is -5.53. The van der Waals surface area contributed by atoms with Gasteiger partial charge in [0.1, 0.15) is 16.9 Å². The van der Waals surface area contributed by atoms with Crippen molar-refractivity contribution in [3.05, 3.63) is 125 Å². The van der Waals surface area contributed by atoms with E-state index in [1.807, 2.05) is 43.4 Å². The molecule has 0 bridgehead atoms. The number of amides is 2. The number of rotatable bonds is 7. The summed E-state index contributed by atoms with van der Waals surface area (Å²) < 4.78 is 19.7. The van der Waals surface area contributed by atoms with Crippen LogP contribution in [0.2, 0.25) is 0 Å². The van der Waals surface area contributed by atoms with E-state index in [1.54, 1.807) is 69.6 Å². The second kappa shape index (κ2) is 14.1. The maximum atomic E-state index is 16.4. The Bertz CT molecular complexity index is 2340. The van der Waals surface area contributed by atoms with Gasteiger partial charge in [-0.05, 0) is 43.0 Å². The zero-order valence-electron chi connectivity index (χ0n) is 29.1. The van der Waals surface area contributed by atoms with E-state index in [0.717, 1.165) is 16.9 Å². The number of likely N-dealkylation sites (tertiary alicyclic amines) is 2. The summed E-state index contributed by atoms with van der Waals surface area (Å²) in [4.78, 5) is 58.5. The lowest BCUT2D eigenvalue weighted by molar-refractivity contribution is -0.142. The smallest absolute Gasteiger partial charge is 0.267 e. The van der Waals surface area contributed by atoms with Crippen molar-refractivity contribution in [1.29, 1.82) is 0 Å². The lowest BCUT2D eigenvalue weighted by atomic mass is 9.79. The number of nitrogens with zero attached hydrogens (tertiary/aromatic N) is 7. The van der Waals surface area contributed by atoms with E-state index < -0.39 is 23.2 Å². The lowest BCUT2D eigenvalue weighted by Crippen LogP contribution is -2.53. The number of hydrogen-bond donors (Lipinski definition) is 1. The predicted molar refractivity (Wildman–Crippen MR) is 200 cm³/mol. The molecule has 0 saturated carbocycles. The molecule has 0 spiro atoms. The van der Waals surface area contributed by atoms with Crippen molar-refractivity contribution >= 4 is 34.2 Å². The summed E-state index contributed by atoms with van der Waals surface area (Å²) in [5.41, 5.74) is 1.72. The van der Waals surface area contributed by atoms with Crippen molar-refractivity contribution in [2.75, 3.05) is 26.2 Å². The van der Waals surface area contributed by atoms with Gasteiger partial charge in [-0.15, -0.1) is 11.3 Å². The molecule has 0 unspecified atom stereocenters. The number of fused-ring (bicyclic) bond motifs is 1. The molecule has 7 heterocycles. The summed E-state index contributed by atoms with van der Waals surface area (Å²) in [6.07, 6.45) is 10.8. The molecule has 1 N–H and O–H groups in total. The van der Waals surface area contributed by atoms with E-state index in [-0.39, 0.29) is 41.9 Å². The van der Waals surface area contributed by atoms with Gasteiger partial charge in [-0.25, -0.2) is 9.37 Å². The van der Waals surface area contributed by atoms with Crippen LogP contribution in [0.25, 0.3) is 32.6 Å². The van der Waals surface area contributed by atoms with E-state index in [9.17, 15) is 19.5 Å². The topological polar surface area (TPSA) is 126 Å². The Morgan fingerprint density at radius 3 is 2.36 bits per heavy atom. The normalized spacial score (nSPS) is 18.7. The minimum Gasteiger partial charge on any atom is -0.388 e. The first kappa shape index (κ1) is 34.6. The first-order valence-corrected chi connectivity index (χ1v) is 18.5. The summed E-state index contributed by atoms with van der Waals surface area (Å²) in [5.74, 6) is -1.77. The zero-order chi connectivity index (χ0) is 36.7. The number of pyridine rings is 2. The van der Waals surface area contributed by atoms with Gasteiger partial charge in [0.15, 0.2) is 5.82 Å². The van der Waals surface area contributed by atoms with Crippen LogP contribution < -0.4 is 5.56 Å². The molecule has 2 saturated heterocycles. The Morgan fingerprint density at radius 1 is 0.943 bits per heavy atom. The van der Waals surface area contributed by atoms with Crippen LogP contribution in [0, 0.1) is 11.7 Å². The molecule has 2 aliphatic rings. The number of aromatic nitrogens is 5. The predicted octanol–water partition coefficient (Wildman–Crippen LogP) is 5.36. The molecule has 1 aromatic carbocycles. The fourth-order valence-corrected chi connectivity index (χ4v) is 8.94. The molecule has 270 valence electrons. The Balaban J connectivity index is 1.01. The third-order valence-corrected chi connectivity index (χ3v) is 11.9. The number of carbonyl (C=O) groups excluding carboxylic acids is 2. The van der Waals surface area contributed by atoms with E-state index in [2.05, 4.69) is 15.0 Å². The monoisotopic (exact) mass is 731 g/mol. The van der Waals surface area contributed by atoms with Crippen molar-refractivity contribution in [1.82, 2.24) is 33.9 Å². The maximum Gasteiger partial charge on any atom is 0.267 e. The molecule has 8 rings (SSSR count). The van der Waals surface area contributed by atoms with Crippen molar-refractivity contribution < 1.29 is 19.1 Å². The highest BCUT2D eigenvalue weighted by Gasteiger charge is 2.42. The number of benzene rings is 1. The second-order valence-corrected chi connectivity index (χ2v) is 15.0. The minimum absolute atomic E-state index is 0.00957. The second-order valence-electron chi connectivity index (χ2n) is 14.0. The molecule has 2 atom stereocenters. The quantitative estimate of drug-likeness (QED) is 0.234. The van der Waals surface area contributed by atoms with Crippen LogP contribution in [0.15, 0.2) is 103 Å². The van der Waals surface area contributed by atoms with Gasteiger partial charge in [-0.3, -0.25) is 28.9 Å². The highest BCUT2D eigenvalue weighted by atomic mass is 32.1. The summed E-state index contributed by atoms with van der Waals surface area (Å²) in [7, 11) is 1.83. The fourth-order valence-electron chi connectivity index (χ4n) is 7.78. The van der Waals surface area contributed by atoms with Crippen LogP contribution in [0.3, 0.4) is 0 Å². The van der Waals surface area contributed by atoms with Gasteiger partial charge in [0.25, 0.3) is 11.5 Å². The summed E-state index contributed by atoms with van der Waals surface area (Å²) >= 11 is 1.11. The van der Waals surface area contributed by atoms with E-state index >= 15 is 4.39 Å². The number of thiophene rings is 1. The van der Waals surface area contributed by atoms with Gasteiger partial charge in [0.05, 0.1) is 17.5 Å². The average molecular weight is 732 g/mol. The average Bonchev–Trinajstić information content (AvgIpc) is 3.75. The molecule has 0 radical (unpaired) electrons. The van der Waals surface area contributed by atoms with E-state index in [1.165, 1.54) is 10.9 Å². The van der Waals surface area contributed by atoms with Crippen molar-refractivity contribution in [3.8, 4) is 21.6 Å². The standard InChI is InChI=1S/C40H38FN7O4S/c1-45-17-11-30-36(45)44-25-48(38(30)50)24-40(52)13-19-46(20-14-40)37(49)29-12-18-47(23-31(29)26-7-3-2-4-8-26)39(51)35-33(41)32(27-9-5-15-42-21-27)34(53-35)28-10-6-16-43-22-28/h2-11,15-17,21-22,25,29,31,52H,12-14,18-20,23-24H2,1H3/t29-,31+/m1/s1. The van der Waals surface area contributed by atoms with Gasteiger partial charge in [0.2, 0.25) is 5.91 Å². The first-order valence-electron chi connectivity index (χ1n) is 17.7. The molecule has 2 aliphatic heterocycles. The van der Waals surface area contributed by atoms with Crippen LogP contribution in [0.1, 0.15) is 40.4 Å². The van der Waals surface area contributed by atoms with Crippen LogP contribution in [0.4, 0.5) is 4.39 Å². The molecule has 53 heavy (non-hydrogen) atoms. The van der Waals surface area contributed by atoms with Gasteiger partial charge in [0, 0.05) is 97.6 Å². The van der Waals surface area contributed by atoms with Crippen molar-refractivity contribution in [2.24, 2.45) is 13.0 Å². The third kappa shape index (κ3) is 6.55. The molecular formula is C40H38FN7O4S. The largest absolute Gasteiger partial charge is 0.388 e. The number of hydrogen-bond acceptors (Lipinski definition) is 8. The van der Waals surface area contributed by atoms with Crippen LogP contribution in [-0.2, 0) is 18.4 Å². The van der Waals surface area contributed by atoms with Crippen LogP contribution in [0.5, 0.6) is 0 Å². The number of carbonyl (C=O) groups is 2. The Labute approximate surface area is 309 Å². The third-order valence-electron chi connectivity index (χ3n) is 10.7. The van der Waals surface area contributed by atoms with E-state index in [4.69, 9.17) is 0 Å².